The molecule has 0 saturated heterocycles. The number of hydrogen-bond donors (Lipinski definition) is 4. The van der Waals surface area contributed by atoms with Gasteiger partial charge in [-0.05, 0) is 74.0 Å². The summed E-state index contributed by atoms with van der Waals surface area (Å²) in [6.07, 6.45) is 10.2. The highest BCUT2D eigenvalue weighted by atomic mass is 32.2. The van der Waals surface area contributed by atoms with Crippen LogP contribution < -0.4 is 5.73 Å². The maximum absolute atomic E-state index is 13.4. The number of carbonyl (C=O) groups is 4. The number of nitrogens with two attached hydrogens (primary N) is 1. The van der Waals surface area contributed by atoms with Crippen LogP contribution in [0.5, 0.6) is 0 Å². The third-order valence-corrected chi connectivity index (χ3v) is 12.8. The number of carboxylic acid groups (broad SMARTS) is 2. The summed E-state index contributed by atoms with van der Waals surface area (Å²) in [6, 6.07) is 7.45. The van der Waals surface area contributed by atoms with Gasteiger partial charge in [-0.1, -0.05) is 65.5 Å². The van der Waals surface area contributed by atoms with Crippen molar-refractivity contribution >= 4 is 41.1 Å². The molecule has 0 aliphatic heterocycles. The first-order valence-electron chi connectivity index (χ1n) is 17.6. The second-order valence-corrected chi connectivity index (χ2v) is 15.9. The summed E-state index contributed by atoms with van der Waals surface area (Å²) in [7, 11) is 0. The first kappa shape index (κ1) is 39.6. The average molecular weight is 688 g/mol. The van der Waals surface area contributed by atoms with E-state index in [9.17, 15) is 24.3 Å². The molecule has 1 aromatic carbocycles. The number of unbranched alkanes of at least 4 members (excludes halogenated alkanes) is 5. The van der Waals surface area contributed by atoms with Gasteiger partial charge in [0.05, 0.1) is 11.9 Å². The standard InChI is InChI=1S/C28H39NO4S.C10H18O4/c1-6-26(4)15-22(33-23(31)16-34-20-9-7-8-19(29)14-20)27(5)17(2)10-12-28(18(3)25(26)32)13-11-21(30)24(27)28;11-9(12)7-5-3-1-2-4-6-8-10(13)14/h6-9,14,17-18,22,24-25,32H,1,10-13,15-16,29H2,2-5H3;1-8H2,(H,11,12)(H,13,14)/t17-,18+,22-,24+,25+,26-,27+,28+;/m1./s1. The van der Waals surface area contributed by atoms with E-state index in [0.717, 1.165) is 62.7 Å². The van der Waals surface area contributed by atoms with Crippen LogP contribution in [0.3, 0.4) is 0 Å². The Hall–Kier alpha value is -2.85. The minimum Gasteiger partial charge on any atom is -0.481 e. The zero-order valence-electron chi connectivity index (χ0n) is 29.2. The molecule has 3 aliphatic rings. The van der Waals surface area contributed by atoms with E-state index in [4.69, 9.17) is 20.7 Å². The molecule has 3 aliphatic carbocycles. The number of Topliss-reactive ketones (excluding diaryl/α,β-unsaturated/α-hetero) is 1. The van der Waals surface area contributed by atoms with E-state index in [1.165, 1.54) is 11.8 Å². The van der Waals surface area contributed by atoms with Gasteiger partial charge in [0.2, 0.25) is 0 Å². The van der Waals surface area contributed by atoms with Crippen molar-refractivity contribution in [1.82, 2.24) is 0 Å². The molecular weight excluding hydrogens is 630 g/mol. The SMILES string of the molecule is C=C[C@]1(C)C[C@@H](OC(=O)CSc2cccc(N)c2)[C@]2(C)[C@H](C)CC[C@]3(CCC(=O)[C@H]32)[C@@H](C)[C@@H]1O.O=C(O)CCCCCCCCC(=O)O. The van der Waals surface area contributed by atoms with Gasteiger partial charge in [0.1, 0.15) is 11.9 Å². The van der Waals surface area contributed by atoms with Crippen LogP contribution in [-0.4, -0.2) is 57.0 Å². The van der Waals surface area contributed by atoms with Gasteiger partial charge in [-0.15, -0.1) is 18.3 Å². The zero-order chi connectivity index (χ0) is 35.7. The number of thioether (sulfide) groups is 1. The monoisotopic (exact) mass is 687 g/mol. The zero-order valence-corrected chi connectivity index (χ0v) is 30.1. The van der Waals surface area contributed by atoms with Crippen molar-refractivity contribution in [3.63, 3.8) is 0 Å². The van der Waals surface area contributed by atoms with Crippen molar-refractivity contribution < 1.29 is 39.2 Å². The normalized spacial score (nSPS) is 32.5. The quantitative estimate of drug-likeness (QED) is 0.0505. The number of ether oxygens (including phenoxy) is 1. The number of anilines is 1. The maximum atomic E-state index is 13.4. The molecule has 0 amide bonds. The van der Waals surface area contributed by atoms with Gasteiger partial charge in [0, 0.05) is 46.6 Å². The number of aliphatic hydroxyl groups is 1. The molecule has 5 N–H and O–H groups in total. The van der Waals surface area contributed by atoms with E-state index in [1.54, 1.807) is 0 Å². The molecule has 1 aromatic rings. The second-order valence-electron chi connectivity index (χ2n) is 14.8. The fourth-order valence-electron chi connectivity index (χ4n) is 8.70. The largest absolute Gasteiger partial charge is 0.481 e. The highest BCUT2D eigenvalue weighted by molar-refractivity contribution is 8.00. The summed E-state index contributed by atoms with van der Waals surface area (Å²) in [5.41, 5.74) is 5.16. The number of ketones is 1. The lowest BCUT2D eigenvalue weighted by Gasteiger charge is -2.61. The minimum absolute atomic E-state index is 0.0329. The Labute approximate surface area is 290 Å². The van der Waals surface area contributed by atoms with Gasteiger partial charge < -0.3 is 25.8 Å². The lowest BCUT2D eigenvalue weighted by molar-refractivity contribution is -0.205. The van der Waals surface area contributed by atoms with Crippen molar-refractivity contribution in [1.29, 1.82) is 0 Å². The van der Waals surface area contributed by atoms with E-state index < -0.39 is 35.0 Å². The molecule has 4 rings (SSSR count). The summed E-state index contributed by atoms with van der Waals surface area (Å²) < 4.78 is 6.27. The van der Waals surface area contributed by atoms with E-state index in [2.05, 4.69) is 27.4 Å². The molecule has 0 heterocycles. The van der Waals surface area contributed by atoms with Crippen molar-refractivity contribution in [3.8, 4) is 0 Å². The summed E-state index contributed by atoms with van der Waals surface area (Å²) in [5.74, 6) is -1.36. The molecule has 0 aromatic heterocycles. The number of esters is 1. The number of carboxylic acids is 2. The Bertz CT molecular complexity index is 1280. The van der Waals surface area contributed by atoms with Crippen LogP contribution in [0.1, 0.15) is 111 Å². The van der Waals surface area contributed by atoms with Crippen LogP contribution in [0.4, 0.5) is 5.69 Å². The molecule has 0 radical (unpaired) electrons. The Balaban J connectivity index is 0.000000378. The summed E-state index contributed by atoms with van der Waals surface area (Å²) in [4.78, 5) is 47.8. The van der Waals surface area contributed by atoms with Crippen molar-refractivity contribution in [3.05, 3.63) is 36.9 Å². The predicted molar refractivity (Wildman–Crippen MR) is 188 cm³/mol. The molecule has 2 bridgehead atoms. The third kappa shape index (κ3) is 9.23. The van der Waals surface area contributed by atoms with Crippen molar-refractivity contribution in [2.24, 2.45) is 34.0 Å². The molecule has 268 valence electrons. The summed E-state index contributed by atoms with van der Waals surface area (Å²) >= 11 is 1.40. The average Bonchev–Trinajstić information content (AvgIpc) is 3.39. The number of carbonyl (C=O) groups excluding carboxylic acids is 2. The van der Waals surface area contributed by atoms with E-state index in [1.807, 2.05) is 37.3 Å². The molecule has 0 unspecified atom stereocenters. The van der Waals surface area contributed by atoms with Crippen LogP contribution in [0.2, 0.25) is 0 Å². The van der Waals surface area contributed by atoms with E-state index in [-0.39, 0.29) is 53.5 Å². The molecule has 10 heteroatoms. The molecule has 48 heavy (non-hydrogen) atoms. The van der Waals surface area contributed by atoms with Gasteiger partial charge in [-0.25, -0.2) is 0 Å². The van der Waals surface area contributed by atoms with Crippen LogP contribution in [0.15, 0.2) is 41.8 Å². The Kier molecular flexibility index (Phi) is 14.2. The highest BCUT2D eigenvalue weighted by Gasteiger charge is 2.68. The number of aliphatic hydroxyl groups excluding tert-OH is 1. The van der Waals surface area contributed by atoms with Crippen LogP contribution >= 0.6 is 11.8 Å². The second kappa shape index (κ2) is 17.2. The van der Waals surface area contributed by atoms with Crippen LogP contribution in [0.25, 0.3) is 0 Å². The van der Waals surface area contributed by atoms with Crippen LogP contribution in [0, 0.1) is 34.0 Å². The molecular formula is C38H57NO8S. The first-order chi connectivity index (χ1) is 22.6. The third-order valence-electron chi connectivity index (χ3n) is 11.8. The number of benzene rings is 1. The molecule has 3 fully saturated rings. The van der Waals surface area contributed by atoms with Gasteiger partial charge in [-0.2, -0.15) is 0 Å². The molecule has 8 atom stereocenters. The van der Waals surface area contributed by atoms with Crippen molar-refractivity contribution in [2.75, 3.05) is 11.5 Å². The number of hydrogen-bond acceptors (Lipinski definition) is 8. The van der Waals surface area contributed by atoms with E-state index >= 15 is 0 Å². The lowest BCUT2D eigenvalue weighted by Crippen LogP contribution is -2.63. The van der Waals surface area contributed by atoms with Crippen LogP contribution in [-0.2, 0) is 23.9 Å². The van der Waals surface area contributed by atoms with Crippen molar-refractivity contribution in [2.45, 2.75) is 128 Å². The topological polar surface area (TPSA) is 164 Å². The Morgan fingerprint density at radius 2 is 1.62 bits per heavy atom. The maximum Gasteiger partial charge on any atom is 0.316 e. The Morgan fingerprint density at radius 3 is 2.19 bits per heavy atom. The minimum atomic E-state index is -0.740. The number of aliphatic carboxylic acids is 2. The predicted octanol–water partition coefficient (Wildman–Crippen LogP) is 7.54. The molecule has 3 saturated carbocycles. The number of rotatable bonds is 14. The smallest absolute Gasteiger partial charge is 0.316 e. The van der Waals surface area contributed by atoms with E-state index in [0.29, 0.717) is 18.5 Å². The summed E-state index contributed by atoms with van der Waals surface area (Å²) in [5, 5.41) is 28.3. The molecule has 0 spiro atoms. The molecule has 9 nitrogen and oxygen atoms in total. The van der Waals surface area contributed by atoms with Gasteiger partial charge in [0.25, 0.3) is 0 Å². The van der Waals surface area contributed by atoms with Gasteiger partial charge in [-0.3, -0.25) is 19.2 Å². The first-order valence-corrected chi connectivity index (χ1v) is 18.5. The summed E-state index contributed by atoms with van der Waals surface area (Å²) in [6.45, 7) is 12.6. The number of nitrogen functional groups attached to an aromatic ring is 1. The lowest BCUT2D eigenvalue weighted by atomic mass is 9.44. The van der Waals surface area contributed by atoms with Gasteiger partial charge >= 0.3 is 17.9 Å². The fraction of sp³-hybridized carbons (Fsp3) is 0.684. The van der Waals surface area contributed by atoms with Gasteiger partial charge in [0.15, 0.2) is 0 Å². The highest BCUT2D eigenvalue weighted by Crippen LogP contribution is 2.68. The Morgan fingerprint density at radius 1 is 1.02 bits per heavy atom. The fourth-order valence-corrected chi connectivity index (χ4v) is 9.45.